The van der Waals surface area contributed by atoms with E-state index >= 15 is 0 Å². The molecule has 2 aliphatic carbocycles. The first-order valence-electron chi connectivity index (χ1n) is 10.5. The first-order chi connectivity index (χ1) is 14.7. The second-order valence-electron chi connectivity index (χ2n) is 8.88. The van der Waals surface area contributed by atoms with E-state index in [-0.39, 0.29) is 34.9 Å². The molecule has 2 aromatic rings. The molecule has 0 bridgehead atoms. The number of nitrogens with one attached hydrogen (secondary N) is 2. The predicted octanol–water partition coefficient (Wildman–Crippen LogP) is 4.41. The third-order valence-corrected chi connectivity index (χ3v) is 7.82. The van der Waals surface area contributed by atoms with Crippen LogP contribution < -0.4 is 10.6 Å². The SMILES string of the molecule is Cc1ccc(S(=O)(=O)OCC2CC3(C2)CC(NC(=O)NCc2ccc(Cl)cc2)C3)cc1. The summed E-state index contributed by atoms with van der Waals surface area (Å²) in [5.74, 6) is 0.250. The van der Waals surface area contributed by atoms with Gasteiger partial charge >= 0.3 is 6.03 Å². The van der Waals surface area contributed by atoms with Gasteiger partial charge in [0, 0.05) is 17.6 Å². The van der Waals surface area contributed by atoms with Gasteiger partial charge in [0.05, 0.1) is 11.5 Å². The first-order valence-corrected chi connectivity index (χ1v) is 12.3. The van der Waals surface area contributed by atoms with Gasteiger partial charge in [-0.15, -0.1) is 0 Å². The first kappa shape index (κ1) is 22.1. The number of hydrogen-bond acceptors (Lipinski definition) is 4. The summed E-state index contributed by atoms with van der Waals surface area (Å²) in [4.78, 5) is 12.3. The maximum atomic E-state index is 12.3. The minimum absolute atomic E-state index is 0.168. The molecule has 6 nitrogen and oxygen atoms in total. The third kappa shape index (κ3) is 5.40. The zero-order valence-electron chi connectivity index (χ0n) is 17.4. The Labute approximate surface area is 188 Å². The number of carbonyl (C=O) groups is 1. The number of benzene rings is 2. The zero-order valence-corrected chi connectivity index (χ0v) is 19.0. The van der Waals surface area contributed by atoms with Crippen LogP contribution in [-0.2, 0) is 20.8 Å². The van der Waals surface area contributed by atoms with E-state index in [2.05, 4.69) is 10.6 Å². The van der Waals surface area contributed by atoms with E-state index in [1.807, 2.05) is 19.1 Å². The molecule has 0 atom stereocenters. The lowest BCUT2D eigenvalue weighted by molar-refractivity contribution is -0.0594. The van der Waals surface area contributed by atoms with Crippen molar-refractivity contribution in [1.29, 1.82) is 0 Å². The van der Waals surface area contributed by atoms with Crippen molar-refractivity contribution in [3.63, 3.8) is 0 Å². The summed E-state index contributed by atoms with van der Waals surface area (Å²) in [5, 5.41) is 6.55. The van der Waals surface area contributed by atoms with E-state index in [1.54, 1.807) is 36.4 Å². The average molecular weight is 463 g/mol. The molecule has 2 fully saturated rings. The lowest BCUT2D eigenvalue weighted by atomic mass is 9.50. The number of rotatable bonds is 7. The summed E-state index contributed by atoms with van der Waals surface area (Å²) < 4.78 is 29.9. The summed E-state index contributed by atoms with van der Waals surface area (Å²) in [7, 11) is -3.71. The Morgan fingerprint density at radius 2 is 1.71 bits per heavy atom. The fourth-order valence-electron chi connectivity index (χ4n) is 4.68. The van der Waals surface area contributed by atoms with Crippen LogP contribution in [0.1, 0.15) is 36.8 Å². The molecule has 1 spiro atoms. The molecule has 2 aliphatic rings. The van der Waals surface area contributed by atoms with Crippen molar-refractivity contribution >= 4 is 27.8 Å². The number of carbonyl (C=O) groups excluding carboxylic acids is 1. The van der Waals surface area contributed by atoms with Gasteiger partial charge in [-0.05, 0) is 73.8 Å². The van der Waals surface area contributed by atoms with E-state index in [1.165, 1.54) is 0 Å². The van der Waals surface area contributed by atoms with Crippen molar-refractivity contribution in [3.8, 4) is 0 Å². The molecule has 0 unspecified atom stereocenters. The van der Waals surface area contributed by atoms with Crippen LogP contribution in [0.3, 0.4) is 0 Å². The lowest BCUT2D eigenvalue weighted by Gasteiger charge is -2.57. The van der Waals surface area contributed by atoms with Crippen LogP contribution in [-0.4, -0.2) is 27.1 Å². The highest BCUT2D eigenvalue weighted by Crippen LogP contribution is 2.58. The molecule has 2 saturated carbocycles. The van der Waals surface area contributed by atoms with Crippen LogP contribution in [0.4, 0.5) is 4.79 Å². The van der Waals surface area contributed by atoms with Crippen LogP contribution in [0, 0.1) is 18.3 Å². The number of aryl methyl sites for hydroxylation is 1. The largest absolute Gasteiger partial charge is 0.335 e. The topological polar surface area (TPSA) is 84.5 Å². The van der Waals surface area contributed by atoms with Crippen LogP contribution >= 0.6 is 11.6 Å². The van der Waals surface area contributed by atoms with Crippen molar-refractivity contribution < 1.29 is 17.4 Å². The zero-order chi connectivity index (χ0) is 22.1. The van der Waals surface area contributed by atoms with Crippen molar-refractivity contribution in [1.82, 2.24) is 10.6 Å². The smallest absolute Gasteiger partial charge is 0.315 e. The molecule has 166 valence electrons. The molecular weight excluding hydrogens is 436 g/mol. The van der Waals surface area contributed by atoms with Gasteiger partial charge in [-0.1, -0.05) is 41.4 Å². The van der Waals surface area contributed by atoms with Gasteiger partial charge in [0.2, 0.25) is 0 Å². The fourth-order valence-corrected chi connectivity index (χ4v) is 5.79. The van der Waals surface area contributed by atoms with E-state index in [9.17, 15) is 13.2 Å². The maximum Gasteiger partial charge on any atom is 0.315 e. The van der Waals surface area contributed by atoms with Gasteiger partial charge in [0.1, 0.15) is 0 Å². The summed E-state index contributed by atoms with van der Waals surface area (Å²) in [6.45, 7) is 2.59. The Morgan fingerprint density at radius 3 is 2.35 bits per heavy atom. The Balaban J connectivity index is 1.14. The average Bonchev–Trinajstić information content (AvgIpc) is 2.68. The van der Waals surface area contributed by atoms with E-state index in [4.69, 9.17) is 15.8 Å². The molecule has 0 saturated heterocycles. The Hall–Kier alpha value is -2.09. The predicted molar refractivity (Wildman–Crippen MR) is 119 cm³/mol. The Morgan fingerprint density at radius 1 is 1.06 bits per heavy atom. The Kier molecular flexibility index (Phi) is 6.28. The fraction of sp³-hybridized carbons (Fsp3) is 0.435. The monoisotopic (exact) mass is 462 g/mol. The molecule has 0 aliphatic heterocycles. The number of halogens is 1. The molecule has 31 heavy (non-hydrogen) atoms. The second-order valence-corrected chi connectivity index (χ2v) is 10.9. The molecule has 0 aromatic heterocycles. The second kappa shape index (κ2) is 8.81. The van der Waals surface area contributed by atoms with Crippen LogP contribution in [0.5, 0.6) is 0 Å². The van der Waals surface area contributed by atoms with Crippen molar-refractivity contribution in [2.45, 2.75) is 50.1 Å². The molecule has 2 aromatic carbocycles. The number of urea groups is 1. The normalized spacial score (nSPS) is 24.8. The highest BCUT2D eigenvalue weighted by Gasteiger charge is 2.53. The quantitative estimate of drug-likeness (QED) is 0.597. The minimum Gasteiger partial charge on any atom is -0.335 e. The van der Waals surface area contributed by atoms with Crippen LogP contribution in [0.2, 0.25) is 5.02 Å². The molecule has 0 heterocycles. The maximum absolute atomic E-state index is 12.3. The Bertz CT molecular complexity index is 1020. The molecule has 2 amide bonds. The molecule has 2 N–H and O–H groups in total. The van der Waals surface area contributed by atoms with Crippen molar-refractivity contribution in [2.75, 3.05) is 6.61 Å². The highest BCUT2D eigenvalue weighted by molar-refractivity contribution is 7.86. The van der Waals surface area contributed by atoms with Gasteiger partial charge in [-0.25, -0.2) is 4.79 Å². The van der Waals surface area contributed by atoms with Crippen LogP contribution in [0.25, 0.3) is 0 Å². The lowest BCUT2D eigenvalue weighted by Crippen LogP contribution is -2.58. The summed E-state index contributed by atoms with van der Waals surface area (Å²) in [6.07, 6.45) is 3.76. The van der Waals surface area contributed by atoms with Gasteiger partial charge in [0.15, 0.2) is 0 Å². The third-order valence-electron chi connectivity index (χ3n) is 6.27. The van der Waals surface area contributed by atoms with Gasteiger partial charge in [-0.3, -0.25) is 4.18 Å². The number of hydrogen-bond donors (Lipinski definition) is 2. The van der Waals surface area contributed by atoms with Gasteiger partial charge < -0.3 is 10.6 Å². The molecule has 0 radical (unpaired) electrons. The molecular formula is C23H27ClN2O4S. The van der Waals surface area contributed by atoms with Crippen molar-refractivity contribution in [3.05, 3.63) is 64.7 Å². The van der Waals surface area contributed by atoms with Gasteiger partial charge in [-0.2, -0.15) is 8.42 Å². The van der Waals surface area contributed by atoms with Gasteiger partial charge in [0.25, 0.3) is 10.1 Å². The summed E-state index contributed by atoms with van der Waals surface area (Å²) in [5.41, 5.74) is 2.23. The standard InChI is InChI=1S/C23H27ClN2O4S/c1-16-2-8-21(9-3-16)31(28,29)30-15-18-10-23(11-18)12-20(13-23)26-22(27)25-14-17-4-6-19(24)7-5-17/h2-9,18,20H,10-15H2,1H3,(H2,25,26,27). The van der Waals surface area contributed by atoms with E-state index in [0.717, 1.165) is 36.8 Å². The molecule has 4 rings (SSSR count). The highest BCUT2D eigenvalue weighted by atomic mass is 35.5. The molecule has 8 heteroatoms. The van der Waals surface area contributed by atoms with E-state index in [0.29, 0.717) is 11.6 Å². The van der Waals surface area contributed by atoms with E-state index < -0.39 is 10.1 Å². The summed E-state index contributed by atoms with van der Waals surface area (Å²) >= 11 is 5.86. The number of amides is 2. The van der Waals surface area contributed by atoms with Crippen molar-refractivity contribution in [2.24, 2.45) is 11.3 Å². The minimum atomic E-state index is -3.71. The van der Waals surface area contributed by atoms with Crippen LogP contribution in [0.15, 0.2) is 53.4 Å². The summed E-state index contributed by atoms with van der Waals surface area (Å²) in [6, 6.07) is 14.1.